The molecular formula is C13H16BNO3. The molecule has 0 atom stereocenters. The van der Waals surface area contributed by atoms with Crippen LogP contribution in [-0.2, 0) is 16.1 Å². The van der Waals surface area contributed by atoms with Crippen LogP contribution in [0.5, 0.6) is 0 Å². The van der Waals surface area contributed by atoms with Gasteiger partial charge in [-0.15, -0.1) is 0 Å². The third kappa shape index (κ3) is 3.00. The highest BCUT2D eigenvalue weighted by atomic mass is 16.5. The van der Waals surface area contributed by atoms with Crippen molar-refractivity contribution in [2.45, 2.75) is 26.4 Å². The molecule has 1 aromatic rings. The Bertz CT molecular complexity index is 487. The molecule has 1 aliphatic heterocycles. The average molecular weight is 245 g/mol. The first-order chi connectivity index (χ1) is 8.56. The number of Topliss-reactive ketones (excluding diaryl/α,β-unsaturated/α-hetero) is 1. The Morgan fingerprint density at radius 1 is 1.56 bits per heavy atom. The number of rotatable bonds is 5. The molecule has 2 rings (SSSR count). The number of carbonyl (C=O) groups is 1. The summed E-state index contributed by atoms with van der Waals surface area (Å²) in [6.45, 7) is 5.89. The zero-order valence-electron chi connectivity index (χ0n) is 10.4. The van der Waals surface area contributed by atoms with E-state index >= 15 is 0 Å². The number of fused-ring (bicyclic) bond motifs is 1. The van der Waals surface area contributed by atoms with Crippen molar-refractivity contribution >= 4 is 24.1 Å². The predicted molar refractivity (Wildman–Crippen MR) is 71.5 cm³/mol. The predicted octanol–water partition coefficient (Wildman–Crippen LogP) is 1.20. The van der Waals surface area contributed by atoms with Gasteiger partial charge in [0.15, 0.2) is 0 Å². The molecular weight excluding hydrogens is 229 g/mol. The number of hydrogen-bond donors (Lipinski definition) is 2. The van der Waals surface area contributed by atoms with Crippen LogP contribution in [0.3, 0.4) is 0 Å². The number of benzene rings is 1. The average Bonchev–Trinajstić information content (AvgIpc) is 2.69. The van der Waals surface area contributed by atoms with Crippen LogP contribution in [0.4, 0.5) is 5.69 Å². The fraction of sp³-hybridized carbons (Fsp3) is 0.308. The molecule has 0 fully saturated rings. The zero-order valence-corrected chi connectivity index (χ0v) is 10.4. The molecule has 94 valence electrons. The lowest BCUT2D eigenvalue weighted by molar-refractivity contribution is -0.116. The maximum absolute atomic E-state index is 10.9. The van der Waals surface area contributed by atoms with Gasteiger partial charge in [-0.2, -0.15) is 0 Å². The number of hydrogen-bond acceptors (Lipinski definition) is 4. The van der Waals surface area contributed by atoms with E-state index in [2.05, 4.69) is 11.9 Å². The van der Waals surface area contributed by atoms with Gasteiger partial charge in [-0.1, -0.05) is 12.6 Å². The first-order valence-corrected chi connectivity index (χ1v) is 5.93. The highest BCUT2D eigenvalue weighted by molar-refractivity contribution is 6.61. The number of carbonyl (C=O) groups excluding carboxylic acids is 1. The van der Waals surface area contributed by atoms with Crippen LogP contribution in [0.1, 0.15) is 25.3 Å². The molecule has 0 saturated heterocycles. The van der Waals surface area contributed by atoms with Gasteiger partial charge in [-0.05, 0) is 36.5 Å². The standard InChI is InChI=1S/C13H16BNO3/c1-9(3-4-10(2)16)15-12-6-5-11-8-18-14(17)13(11)7-12/h5-7,15,17H,1,3-4,8H2,2H3. The Morgan fingerprint density at radius 2 is 2.33 bits per heavy atom. The van der Waals surface area contributed by atoms with Gasteiger partial charge in [0, 0.05) is 17.8 Å². The molecule has 0 aliphatic carbocycles. The summed E-state index contributed by atoms with van der Waals surface area (Å²) in [6, 6.07) is 5.69. The first-order valence-electron chi connectivity index (χ1n) is 5.93. The summed E-state index contributed by atoms with van der Waals surface area (Å²) >= 11 is 0. The molecule has 1 aromatic carbocycles. The van der Waals surface area contributed by atoms with Crippen molar-refractivity contribution in [2.24, 2.45) is 0 Å². The quantitative estimate of drug-likeness (QED) is 0.765. The lowest BCUT2D eigenvalue weighted by atomic mass is 9.79. The number of allylic oxidation sites excluding steroid dienone is 1. The molecule has 0 saturated carbocycles. The second kappa shape index (κ2) is 5.37. The van der Waals surface area contributed by atoms with Gasteiger partial charge in [-0.3, -0.25) is 0 Å². The Morgan fingerprint density at radius 3 is 3.06 bits per heavy atom. The minimum absolute atomic E-state index is 0.149. The summed E-state index contributed by atoms with van der Waals surface area (Å²) < 4.78 is 5.12. The summed E-state index contributed by atoms with van der Waals surface area (Å²) in [5, 5.41) is 12.7. The number of anilines is 1. The monoisotopic (exact) mass is 245 g/mol. The van der Waals surface area contributed by atoms with E-state index in [0.29, 0.717) is 19.4 Å². The molecule has 0 radical (unpaired) electrons. The Kier molecular flexibility index (Phi) is 3.84. The number of nitrogens with one attached hydrogen (secondary N) is 1. The summed E-state index contributed by atoms with van der Waals surface area (Å²) in [4.78, 5) is 10.9. The Labute approximate surface area is 107 Å². The van der Waals surface area contributed by atoms with Crippen LogP contribution >= 0.6 is 0 Å². The van der Waals surface area contributed by atoms with Crippen LogP contribution < -0.4 is 10.8 Å². The first kappa shape index (κ1) is 12.9. The number of ketones is 1. The lowest BCUT2D eigenvalue weighted by Crippen LogP contribution is -2.28. The van der Waals surface area contributed by atoms with Gasteiger partial charge < -0.3 is 19.8 Å². The molecule has 0 spiro atoms. The van der Waals surface area contributed by atoms with Crippen molar-refractivity contribution in [1.29, 1.82) is 0 Å². The van der Waals surface area contributed by atoms with E-state index in [4.69, 9.17) is 4.65 Å². The van der Waals surface area contributed by atoms with E-state index in [1.807, 2.05) is 18.2 Å². The summed E-state index contributed by atoms with van der Waals surface area (Å²) in [7, 11) is -0.841. The van der Waals surface area contributed by atoms with Crippen LogP contribution in [0.15, 0.2) is 30.5 Å². The van der Waals surface area contributed by atoms with E-state index < -0.39 is 7.12 Å². The molecule has 0 unspecified atom stereocenters. The second-order valence-electron chi connectivity index (χ2n) is 4.51. The van der Waals surface area contributed by atoms with Crippen molar-refractivity contribution in [3.05, 3.63) is 36.0 Å². The SMILES string of the molecule is C=C(CCC(C)=O)Nc1ccc2c(c1)B(O)OC2. The van der Waals surface area contributed by atoms with Crippen molar-refractivity contribution in [3.63, 3.8) is 0 Å². The van der Waals surface area contributed by atoms with E-state index in [9.17, 15) is 9.82 Å². The molecule has 18 heavy (non-hydrogen) atoms. The van der Waals surface area contributed by atoms with Gasteiger partial charge in [0.25, 0.3) is 0 Å². The fourth-order valence-corrected chi connectivity index (χ4v) is 1.89. The van der Waals surface area contributed by atoms with Gasteiger partial charge in [0.2, 0.25) is 0 Å². The molecule has 0 bridgehead atoms. The zero-order chi connectivity index (χ0) is 13.1. The summed E-state index contributed by atoms with van der Waals surface area (Å²) in [5.74, 6) is 0.149. The maximum Gasteiger partial charge on any atom is 0.491 e. The topological polar surface area (TPSA) is 58.6 Å². The third-order valence-electron chi connectivity index (χ3n) is 2.91. The van der Waals surface area contributed by atoms with Crippen LogP contribution in [-0.4, -0.2) is 17.9 Å². The largest absolute Gasteiger partial charge is 0.491 e. The summed E-state index contributed by atoms with van der Waals surface area (Å²) in [5.41, 5.74) is 3.44. The molecule has 1 aliphatic rings. The van der Waals surface area contributed by atoms with Crippen molar-refractivity contribution < 1.29 is 14.5 Å². The van der Waals surface area contributed by atoms with Crippen LogP contribution in [0, 0.1) is 0 Å². The minimum atomic E-state index is -0.841. The minimum Gasteiger partial charge on any atom is -0.423 e. The molecule has 0 aromatic heterocycles. The van der Waals surface area contributed by atoms with E-state index in [1.54, 1.807) is 6.92 Å². The smallest absolute Gasteiger partial charge is 0.423 e. The van der Waals surface area contributed by atoms with Crippen molar-refractivity contribution in [2.75, 3.05) is 5.32 Å². The lowest BCUT2D eigenvalue weighted by Gasteiger charge is -2.10. The van der Waals surface area contributed by atoms with Gasteiger partial charge in [-0.25, -0.2) is 0 Å². The van der Waals surface area contributed by atoms with Crippen molar-refractivity contribution in [3.8, 4) is 0 Å². The van der Waals surface area contributed by atoms with Crippen LogP contribution in [0.25, 0.3) is 0 Å². The highest BCUT2D eigenvalue weighted by Crippen LogP contribution is 2.16. The van der Waals surface area contributed by atoms with Crippen molar-refractivity contribution in [1.82, 2.24) is 0 Å². The van der Waals surface area contributed by atoms with E-state index in [1.165, 1.54) is 0 Å². The Balaban J connectivity index is 2.00. The molecule has 2 N–H and O–H groups in total. The van der Waals surface area contributed by atoms with Gasteiger partial charge in [0.1, 0.15) is 5.78 Å². The normalized spacial score (nSPS) is 13.3. The van der Waals surface area contributed by atoms with E-state index in [0.717, 1.165) is 22.4 Å². The third-order valence-corrected chi connectivity index (χ3v) is 2.91. The van der Waals surface area contributed by atoms with E-state index in [-0.39, 0.29) is 5.78 Å². The molecule has 1 heterocycles. The van der Waals surface area contributed by atoms with Gasteiger partial charge >= 0.3 is 7.12 Å². The molecule has 4 nitrogen and oxygen atoms in total. The fourth-order valence-electron chi connectivity index (χ4n) is 1.89. The molecule has 0 amide bonds. The van der Waals surface area contributed by atoms with Crippen LogP contribution in [0.2, 0.25) is 0 Å². The highest BCUT2D eigenvalue weighted by Gasteiger charge is 2.27. The summed E-state index contributed by atoms with van der Waals surface area (Å²) in [6.07, 6.45) is 1.11. The Hall–Kier alpha value is -1.59. The molecule has 5 heteroatoms. The maximum atomic E-state index is 10.9. The second-order valence-corrected chi connectivity index (χ2v) is 4.51. The van der Waals surface area contributed by atoms with Gasteiger partial charge in [0.05, 0.1) is 6.61 Å².